The number of benzene rings is 2. The number of fused-ring (bicyclic) bond motifs is 1. The van der Waals surface area contributed by atoms with E-state index in [1.807, 2.05) is 26.0 Å². The van der Waals surface area contributed by atoms with E-state index in [1.165, 1.54) is 11.8 Å². The third-order valence-electron chi connectivity index (χ3n) is 4.57. The third-order valence-corrected chi connectivity index (χ3v) is 5.78. The molecule has 1 aromatic heterocycles. The molecule has 0 radical (unpaired) electrons. The molecule has 7 nitrogen and oxygen atoms in total. The van der Waals surface area contributed by atoms with Gasteiger partial charge in [0.25, 0.3) is 5.56 Å². The fraction of sp³-hybridized carbons (Fsp3) is 0.348. The average Bonchev–Trinajstić information content (AvgIpc) is 2.76. The number of carbonyl (C=O) groups excluding carboxylic acids is 1. The molecule has 1 N–H and O–H groups in total. The smallest absolute Gasteiger partial charge is 0.262 e. The highest BCUT2D eigenvalue weighted by Gasteiger charge is 2.15. The van der Waals surface area contributed by atoms with Gasteiger partial charge in [0, 0.05) is 18.2 Å². The monoisotopic (exact) mass is 475 g/mol. The summed E-state index contributed by atoms with van der Waals surface area (Å²) < 4.78 is 12.5. The second kappa shape index (κ2) is 11.4. The molecule has 9 heteroatoms. The molecule has 0 spiro atoms. The molecule has 0 fully saturated rings. The number of para-hydroxylation sites is 2. The van der Waals surface area contributed by atoms with E-state index < -0.39 is 0 Å². The molecule has 0 saturated heterocycles. The summed E-state index contributed by atoms with van der Waals surface area (Å²) in [5, 5.41) is 4.28. The Kier molecular flexibility index (Phi) is 8.55. The highest BCUT2D eigenvalue weighted by atomic mass is 35.5. The molecule has 32 heavy (non-hydrogen) atoms. The van der Waals surface area contributed by atoms with E-state index in [0.29, 0.717) is 52.1 Å². The van der Waals surface area contributed by atoms with Gasteiger partial charge in [0.05, 0.1) is 35.6 Å². The molecule has 170 valence electrons. The first-order valence-corrected chi connectivity index (χ1v) is 11.6. The van der Waals surface area contributed by atoms with Crippen molar-refractivity contribution in [1.29, 1.82) is 0 Å². The SMILES string of the molecule is COc1ccccc1NC(=O)CSc1nc2cc(Cl)ccc2c(=O)n1CCCOC(C)C. The Balaban J connectivity index is 1.80. The van der Waals surface area contributed by atoms with Gasteiger partial charge in [0.2, 0.25) is 5.91 Å². The van der Waals surface area contributed by atoms with Crippen LogP contribution in [0.1, 0.15) is 20.3 Å². The van der Waals surface area contributed by atoms with Crippen LogP contribution in [0.4, 0.5) is 5.69 Å². The zero-order valence-corrected chi connectivity index (χ0v) is 19.8. The van der Waals surface area contributed by atoms with Crippen molar-refractivity contribution in [3.05, 3.63) is 57.8 Å². The molecule has 3 aromatic rings. The minimum Gasteiger partial charge on any atom is -0.495 e. The first-order chi connectivity index (χ1) is 15.4. The molecular formula is C23H26ClN3O4S. The van der Waals surface area contributed by atoms with Crippen molar-refractivity contribution in [2.24, 2.45) is 0 Å². The third kappa shape index (κ3) is 6.25. The summed E-state index contributed by atoms with van der Waals surface area (Å²) in [6.45, 7) is 4.90. The maximum Gasteiger partial charge on any atom is 0.262 e. The topological polar surface area (TPSA) is 82.5 Å². The summed E-state index contributed by atoms with van der Waals surface area (Å²) in [6, 6.07) is 12.2. The molecule has 1 amide bonds. The Bertz CT molecular complexity index is 1150. The molecule has 3 rings (SSSR count). The van der Waals surface area contributed by atoms with Crippen molar-refractivity contribution in [2.75, 3.05) is 24.8 Å². The summed E-state index contributed by atoms with van der Waals surface area (Å²) in [5.41, 5.74) is 0.927. The lowest BCUT2D eigenvalue weighted by atomic mass is 10.2. The fourth-order valence-electron chi connectivity index (χ4n) is 3.09. The van der Waals surface area contributed by atoms with Crippen LogP contribution in [0.25, 0.3) is 10.9 Å². The lowest BCUT2D eigenvalue weighted by Gasteiger charge is -2.14. The van der Waals surface area contributed by atoms with Crippen LogP contribution in [0.15, 0.2) is 52.4 Å². The summed E-state index contributed by atoms with van der Waals surface area (Å²) in [6.07, 6.45) is 0.774. The van der Waals surface area contributed by atoms with E-state index in [2.05, 4.69) is 10.3 Å². The van der Waals surface area contributed by atoms with Crippen molar-refractivity contribution >= 4 is 45.9 Å². The number of hydrogen-bond donors (Lipinski definition) is 1. The molecule has 0 aliphatic rings. The molecular weight excluding hydrogens is 450 g/mol. The number of halogens is 1. The maximum absolute atomic E-state index is 13.1. The summed E-state index contributed by atoms with van der Waals surface area (Å²) in [7, 11) is 1.55. The van der Waals surface area contributed by atoms with Gasteiger partial charge >= 0.3 is 0 Å². The Morgan fingerprint density at radius 1 is 1.25 bits per heavy atom. The van der Waals surface area contributed by atoms with Crippen LogP contribution in [0.3, 0.4) is 0 Å². The number of amides is 1. The summed E-state index contributed by atoms with van der Waals surface area (Å²) in [4.78, 5) is 30.3. The van der Waals surface area contributed by atoms with Crippen LogP contribution >= 0.6 is 23.4 Å². The molecule has 0 unspecified atom stereocenters. The second-order valence-electron chi connectivity index (χ2n) is 7.32. The van der Waals surface area contributed by atoms with Gasteiger partial charge in [0.1, 0.15) is 5.75 Å². The summed E-state index contributed by atoms with van der Waals surface area (Å²) >= 11 is 7.30. The van der Waals surface area contributed by atoms with Crippen molar-refractivity contribution in [3.63, 3.8) is 0 Å². The van der Waals surface area contributed by atoms with Crippen LogP contribution in [-0.2, 0) is 16.1 Å². The number of methoxy groups -OCH3 is 1. The number of nitrogens with zero attached hydrogens (tertiary/aromatic N) is 2. The molecule has 1 heterocycles. The first-order valence-electron chi connectivity index (χ1n) is 10.3. The van der Waals surface area contributed by atoms with Gasteiger partial charge in [0.15, 0.2) is 5.16 Å². The number of anilines is 1. The van der Waals surface area contributed by atoms with E-state index in [9.17, 15) is 9.59 Å². The minimum absolute atomic E-state index is 0.0824. The quantitative estimate of drug-likeness (QED) is 0.262. The number of aromatic nitrogens is 2. The number of carbonyl (C=O) groups is 1. The Hall–Kier alpha value is -2.55. The lowest BCUT2D eigenvalue weighted by Crippen LogP contribution is -2.25. The Morgan fingerprint density at radius 3 is 2.78 bits per heavy atom. The minimum atomic E-state index is -0.227. The van der Waals surface area contributed by atoms with Gasteiger partial charge < -0.3 is 14.8 Å². The van der Waals surface area contributed by atoms with Crippen molar-refractivity contribution < 1.29 is 14.3 Å². The molecule has 0 aliphatic carbocycles. The molecule has 0 saturated carbocycles. The van der Waals surface area contributed by atoms with Crippen LogP contribution in [-0.4, -0.2) is 41.0 Å². The van der Waals surface area contributed by atoms with E-state index in [1.54, 1.807) is 42.0 Å². The van der Waals surface area contributed by atoms with E-state index in [4.69, 9.17) is 21.1 Å². The number of rotatable bonds is 10. The van der Waals surface area contributed by atoms with Crippen molar-refractivity contribution in [2.45, 2.75) is 38.1 Å². The van der Waals surface area contributed by atoms with Gasteiger partial charge in [-0.05, 0) is 50.6 Å². The van der Waals surface area contributed by atoms with Crippen LogP contribution < -0.4 is 15.6 Å². The van der Waals surface area contributed by atoms with E-state index in [-0.39, 0.29) is 23.3 Å². The van der Waals surface area contributed by atoms with Crippen LogP contribution in [0.2, 0.25) is 5.02 Å². The predicted octanol–water partition coefficient (Wildman–Crippen LogP) is 4.60. The largest absolute Gasteiger partial charge is 0.495 e. The highest BCUT2D eigenvalue weighted by molar-refractivity contribution is 7.99. The zero-order chi connectivity index (χ0) is 23.1. The van der Waals surface area contributed by atoms with Crippen LogP contribution in [0.5, 0.6) is 5.75 Å². The Morgan fingerprint density at radius 2 is 2.03 bits per heavy atom. The van der Waals surface area contributed by atoms with Gasteiger partial charge in [-0.2, -0.15) is 0 Å². The van der Waals surface area contributed by atoms with Gasteiger partial charge in [-0.25, -0.2) is 4.98 Å². The molecule has 0 aliphatic heterocycles. The lowest BCUT2D eigenvalue weighted by molar-refractivity contribution is -0.113. The first kappa shape index (κ1) is 24.1. The maximum atomic E-state index is 13.1. The fourth-order valence-corrected chi connectivity index (χ4v) is 4.08. The number of ether oxygens (including phenoxy) is 2. The number of thioether (sulfide) groups is 1. The van der Waals surface area contributed by atoms with Gasteiger partial charge in [-0.3, -0.25) is 14.2 Å². The number of hydrogen-bond acceptors (Lipinski definition) is 6. The summed E-state index contributed by atoms with van der Waals surface area (Å²) in [5.74, 6) is 0.431. The van der Waals surface area contributed by atoms with Crippen molar-refractivity contribution in [3.8, 4) is 5.75 Å². The van der Waals surface area contributed by atoms with Gasteiger partial charge in [-0.15, -0.1) is 0 Å². The normalized spacial score (nSPS) is 11.2. The predicted molar refractivity (Wildman–Crippen MR) is 129 cm³/mol. The highest BCUT2D eigenvalue weighted by Crippen LogP contribution is 2.24. The number of nitrogens with one attached hydrogen (secondary N) is 1. The van der Waals surface area contributed by atoms with Crippen LogP contribution in [0, 0.1) is 0 Å². The average molecular weight is 476 g/mol. The Labute approximate surface area is 196 Å². The molecule has 0 atom stereocenters. The van der Waals surface area contributed by atoms with E-state index in [0.717, 1.165) is 0 Å². The van der Waals surface area contributed by atoms with Gasteiger partial charge in [-0.1, -0.05) is 35.5 Å². The molecule has 2 aromatic carbocycles. The second-order valence-corrected chi connectivity index (χ2v) is 8.70. The standard InChI is InChI=1S/C23H26ClN3O4S/c1-15(2)31-12-6-11-27-22(29)17-10-9-16(24)13-19(17)26-23(27)32-14-21(28)25-18-7-4-5-8-20(18)30-3/h4-5,7-10,13,15H,6,11-12,14H2,1-3H3,(H,25,28). The van der Waals surface area contributed by atoms with E-state index >= 15 is 0 Å². The van der Waals surface area contributed by atoms with Crippen molar-refractivity contribution in [1.82, 2.24) is 9.55 Å². The zero-order valence-electron chi connectivity index (χ0n) is 18.3. The molecule has 0 bridgehead atoms.